The second kappa shape index (κ2) is 12.0. The van der Waals surface area contributed by atoms with Crippen molar-refractivity contribution in [1.82, 2.24) is 4.90 Å². The number of nitrogens with zero attached hydrogens (tertiary/aromatic N) is 1. The molecule has 0 aliphatic carbocycles. The van der Waals surface area contributed by atoms with Crippen LogP contribution in [0.2, 0.25) is 18.6 Å². The predicted molar refractivity (Wildman–Crippen MR) is 145 cm³/mol. The summed E-state index contributed by atoms with van der Waals surface area (Å²) >= 11 is 0. The highest BCUT2D eigenvalue weighted by Crippen LogP contribution is 2.32. The van der Waals surface area contributed by atoms with Crippen LogP contribution < -0.4 is 5.19 Å². The molecule has 0 bridgehead atoms. The van der Waals surface area contributed by atoms with Gasteiger partial charge in [0.1, 0.15) is 13.2 Å². The molecule has 1 aliphatic rings. The van der Waals surface area contributed by atoms with E-state index in [0.717, 1.165) is 16.3 Å². The Morgan fingerprint density at radius 3 is 2.08 bits per heavy atom. The number of hydrogen-bond acceptors (Lipinski definition) is 5. The average Bonchev–Trinajstić information content (AvgIpc) is 3.28. The van der Waals surface area contributed by atoms with Gasteiger partial charge in [-0.05, 0) is 23.1 Å². The third-order valence-corrected chi connectivity index (χ3v) is 11.4. The Bertz CT molecular complexity index is 1200. The molecule has 0 aromatic heterocycles. The molecule has 37 heavy (non-hydrogen) atoms. The number of amides is 2. The van der Waals surface area contributed by atoms with Crippen molar-refractivity contribution in [2.24, 2.45) is 0 Å². The fraction of sp³-hybridized carbons (Fsp3) is 0.300. The molecule has 2 atom stereocenters. The van der Waals surface area contributed by atoms with E-state index in [1.165, 1.54) is 4.90 Å². The monoisotopic (exact) mass is 515 g/mol. The SMILES string of the molecule is C[Si](C)(c1ccccc1)[C@@H](CC(=O)OCc1ccccc1)CC(=O)N1C(=O)OC[C@@H]1Cc1ccccc1. The molecule has 1 saturated heterocycles. The Morgan fingerprint density at radius 1 is 0.892 bits per heavy atom. The number of carbonyl (C=O) groups is 3. The van der Waals surface area contributed by atoms with Crippen molar-refractivity contribution in [3.63, 3.8) is 0 Å². The molecule has 0 spiro atoms. The van der Waals surface area contributed by atoms with Gasteiger partial charge in [0, 0.05) is 12.8 Å². The van der Waals surface area contributed by atoms with E-state index in [-0.39, 0.29) is 49.5 Å². The van der Waals surface area contributed by atoms with Crippen LogP contribution in [0.5, 0.6) is 0 Å². The number of benzene rings is 3. The van der Waals surface area contributed by atoms with Crippen molar-refractivity contribution in [1.29, 1.82) is 0 Å². The second-order valence-electron chi connectivity index (χ2n) is 10.0. The standard InChI is InChI=1S/C30H33NO5Si/c1-37(2,26-16-10-5-11-17-26)27(20-29(33)35-21-24-14-8-4-9-15-24)19-28(32)31-25(22-36-30(31)34)18-23-12-6-3-7-13-23/h3-17,25,27H,18-22H2,1-2H3/t25-,27+/m0/s1. The van der Waals surface area contributed by atoms with Crippen molar-refractivity contribution >= 4 is 31.2 Å². The highest BCUT2D eigenvalue weighted by atomic mass is 28.3. The van der Waals surface area contributed by atoms with E-state index >= 15 is 0 Å². The molecule has 6 nitrogen and oxygen atoms in total. The first kappa shape index (κ1) is 26.4. The molecule has 7 heteroatoms. The molecule has 192 valence electrons. The minimum atomic E-state index is -2.31. The molecule has 0 saturated carbocycles. The Hall–Kier alpha value is -3.71. The number of esters is 1. The van der Waals surface area contributed by atoms with Gasteiger partial charge in [0.15, 0.2) is 0 Å². The summed E-state index contributed by atoms with van der Waals surface area (Å²) in [6, 6.07) is 28.9. The number of carbonyl (C=O) groups excluding carboxylic acids is 3. The van der Waals surface area contributed by atoms with Gasteiger partial charge >= 0.3 is 12.1 Å². The van der Waals surface area contributed by atoms with Crippen LogP contribution in [0, 0.1) is 0 Å². The molecule has 3 aromatic rings. The largest absolute Gasteiger partial charge is 0.461 e. The summed E-state index contributed by atoms with van der Waals surface area (Å²) in [5.41, 5.74) is 1.69. The summed E-state index contributed by atoms with van der Waals surface area (Å²) < 4.78 is 10.9. The van der Waals surface area contributed by atoms with Crippen molar-refractivity contribution in [3.8, 4) is 0 Å². The lowest BCUT2D eigenvalue weighted by Crippen LogP contribution is -2.49. The molecular weight excluding hydrogens is 482 g/mol. The van der Waals surface area contributed by atoms with E-state index in [0.29, 0.717) is 6.42 Å². The predicted octanol–water partition coefficient (Wildman–Crippen LogP) is 5.09. The van der Waals surface area contributed by atoms with Gasteiger partial charge in [-0.1, -0.05) is 109 Å². The Kier molecular flexibility index (Phi) is 8.56. The van der Waals surface area contributed by atoms with Gasteiger partial charge in [-0.3, -0.25) is 9.59 Å². The van der Waals surface area contributed by atoms with E-state index in [1.807, 2.05) is 78.9 Å². The number of rotatable bonds is 10. The Morgan fingerprint density at radius 2 is 1.46 bits per heavy atom. The van der Waals surface area contributed by atoms with Gasteiger partial charge < -0.3 is 9.47 Å². The van der Waals surface area contributed by atoms with Gasteiger partial charge in [0.25, 0.3) is 0 Å². The molecule has 4 rings (SSSR count). The van der Waals surface area contributed by atoms with E-state index in [9.17, 15) is 14.4 Å². The van der Waals surface area contributed by atoms with Gasteiger partial charge in [-0.25, -0.2) is 9.69 Å². The van der Waals surface area contributed by atoms with Crippen LogP contribution in [-0.4, -0.2) is 43.6 Å². The zero-order valence-corrected chi connectivity index (χ0v) is 22.3. The molecule has 1 heterocycles. The van der Waals surface area contributed by atoms with Crippen LogP contribution in [0.15, 0.2) is 91.0 Å². The van der Waals surface area contributed by atoms with Crippen LogP contribution in [0.3, 0.4) is 0 Å². The Labute approximate surface area is 219 Å². The van der Waals surface area contributed by atoms with Gasteiger partial charge in [0.2, 0.25) is 5.91 Å². The van der Waals surface area contributed by atoms with Crippen molar-refractivity contribution < 1.29 is 23.9 Å². The van der Waals surface area contributed by atoms with Crippen LogP contribution in [0.25, 0.3) is 0 Å². The lowest BCUT2D eigenvalue weighted by molar-refractivity contribution is -0.145. The molecule has 2 amide bonds. The highest BCUT2D eigenvalue weighted by molar-refractivity contribution is 6.91. The number of cyclic esters (lactones) is 1. The number of hydrogen-bond donors (Lipinski definition) is 0. The van der Waals surface area contributed by atoms with E-state index < -0.39 is 14.2 Å². The quantitative estimate of drug-likeness (QED) is 0.278. The number of ether oxygens (including phenoxy) is 2. The summed E-state index contributed by atoms with van der Waals surface area (Å²) in [6.07, 6.45) is 0.102. The third kappa shape index (κ3) is 6.74. The van der Waals surface area contributed by atoms with Crippen LogP contribution in [0.1, 0.15) is 24.0 Å². The van der Waals surface area contributed by atoms with E-state index in [2.05, 4.69) is 25.2 Å². The highest BCUT2D eigenvalue weighted by Gasteiger charge is 2.42. The van der Waals surface area contributed by atoms with Gasteiger partial charge in [-0.15, -0.1) is 0 Å². The van der Waals surface area contributed by atoms with Crippen molar-refractivity contribution in [2.75, 3.05) is 6.61 Å². The second-order valence-corrected chi connectivity index (χ2v) is 14.9. The maximum atomic E-state index is 13.6. The van der Waals surface area contributed by atoms with Crippen molar-refractivity contribution in [3.05, 3.63) is 102 Å². The third-order valence-electron chi connectivity index (χ3n) is 7.16. The first-order valence-corrected chi connectivity index (χ1v) is 15.7. The lowest BCUT2D eigenvalue weighted by atomic mass is 10.1. The van der Waals surface area contributed by atoms with Gasteiger partial charge in [-0.2, -0.15) is 0 Å². The fourth-order valence-electron chi connectivity index (χ4n) is 4.80. The van der Waals surface area contributed by atoms with Gasteiger partial charge in [0.05, 0.1) is 14.1 Å². The maximum Gasteiger partial charge on any atom is 0.416 e. The molecule has 0 radical (unpaired) electrons. The normalized spacial score (nSPS) is 16.2. The molecule has 0 unspecified atom stereocenters. The zero-order chi connectivity index (χ0) is 26.3. The molecular formula is C30H33NO5Si. The summed E-state index contributed by atoms with van der Waals surface area (Å²) in [4.78, 5) is 40.4. The first-order valence-electron chi connectivity index (χ1n) is 12.6. The zero-order valence-electron chi connectivity index (χ0n) is 21.3. The van der Waals surface area contributed by atoms with E-state index in [4.69, 9.17) is 9.47 Å². The smallest absolute Gasteiger partial charge is 0.416 e. The summed E-state index contributed by atoms with van der Waals surface area (Å²) in [7, 11) is -2.31. The van der Waals surface area contributed by atoms with E-state index in [1.54, 1.807) is 0 Å². The summed E-state index contributed by atoms with van der Waals surface area (Å²) in [5.74, 6) is -0.649. The average molecular weight is 516 g/mol. The van der Waals surface area contributed by atoms with Crippen LogP contribution >= 0.6 is 0 Å². The summed E-state index contributed by atoms with van der Waals surface area (Å²) in [5, 5.41) is 1.15. The Balaban J connectivity index is 1.51. The maximum absolute atomic E-state index is 13.6. The minimum absolute atomic E-state index is 0.0783. The first-order chi connectivity index (χ1) is 17.8. The molecule has 1 aliphatic heterocycles. The minimum Gasteiger partial charge on any atom is -0.461 e. The van der Waals surface area contributed by atoms with Crippen LogP contribution in [0.4, 0.5) is 4.79 Å². The molecule has 1 fully saturated rings. The number of imide groups is 1. The van der Waals surface area contributed by atoms with Crippen LogP contribution in [-0.2, 0) is 32.1 Å². The lowest BCUT2D eigenvalue weighted by Gasteiger charge is -2.33. The summed E-state index contributed by atoms with van der Waals surface area (Å²) in [6.45, 7) is 4.68. The topological polar surface area (TPSA) is 72.9 Å². The molecule has 3 aromatic carbocycles. The van der Waals surface area contributed by atoms with Crippen molar-refractivity contribution in [2.45, 2.75) is 50.5 Å². The molecule has 0 N–H and O–H groups in total. The fourth-order valence-corrected chi connectivity index (χ4v) is 7.68.